The van der Waals surface area contributed by atoms with Crippen molar-refractivity contribution in [2.75, 3.05) is 12.4 Å². The smallest absolute Gasteiger partial charge is 0.375 e. The molecule has 0 bridgehead atoms. The zero-order chi connectivity index (χ0) is 32.8. The molecule has 0 amide bonds. The molecule has 5 rings (SSSR count). The topological polar surface area (TPSA) is 120 Å². The lowest BCUT2D eigenvalue weighted by Crippen LogP contribution is -2.70. The summed E-state index contributed by atoms with van der Waals surface area (Å²) in [5, 5.41) is 11.2. The van der Waals surface area contributed by atoms with Crippen LogP contribution in [0, 0.1) is 40.4 Å². The van der Waals surface area contributed by atoms with Crippen LogP contribution in [0.3, 0.4) is 0 Å². The number of ether oxygens (including phenoxy) is 2. The molecule has 1 heterocycles. The van der Waals surface area contributed by atoms with Gasteiger partial charge in [-0.05, 0) is 68.4 Å². The highest BCUT2D eigenvalue weighted by molar-refractivity contribution is 8.14. The number of carbonyl (C=O) groups is 4. The fourth-order valence-electron chi connectivity index (χ4n) is 8.51. The van der Waals surface area contributed by atoms with Crippen molar-refractivity contribution in [1.29, 1.82) is 0 Å². The number of rotatable bonds is 7. The largest absolute Gasteiger partial charge is 0.457 e. The minimum Gasteiger partial charge on any atom is -0.457 e. The van der Waals surface area contributed by atoms with Gasteiger partial charge < -0.3 is 19.0 Å². The molecule has 45 heavy (non-hydrogen) atoms. The van der Waals surface area contributed by atoms with Gasteiger partial charge in [-0.15, -0.1) is 0 Å². The first-order valence-corrected chi connectivity index (χ1v) is 16.3. The number of aliphatic hydroxyl groups excluding tert-OH is 1. The third-order valence-electron chi connectivity index (χ3n) is 10.6. The van der Waals surface area contributed by atoms with Crippen LogP contribution in [0.1, 0.15) is 70.4 Å². The van der Waals surface area contributed by atoms with Gasteiger partial charge in [-0.3, -0.25) is 14.4 Å². The van der Waals surface area contributed by atoms with E-state index in [2.05, 4.69) is 11.8 Å². The first-order valence-electron chi connectivity index (χ1n) is 15.3. The molecular weight excluding hydrogens is 606 g/mol. The van der Waals surface area contributed by atoms with Crippen LogP contribution >= 0.6 is 11.8 Å². The molecule has 3 saturated carbocycles. The predicted octanol–water partition coefficient (Wildman–Crippen LogP) is 5.35. The SMILES string of the molecule is CCCC(=O)OCC#CCSC(=O)[C@@]1(OC(=O)c2ccco2)[C@H](C)C[C@H]2[C@@H]3C[C@H](F)C4=CC(=O)C=C[C@]4(C)[C@@]3(F)[C@@H](O)C[C@@]21C. The summed E-state index contributed by atoms with van der Waals surface area (Å²) in [5.41, 5.74) is -7.07. The normalized spacial score (nSPS) is 38.2. The number of fused-ring (bicyclic) bond motifs is 5. The Bertz CT molecular complexity index is 1490. The second-order valence-corrected chi connectivity index (χ2v) is 13.9. The van der Waals surface area contributed by atoms with Gasteiger partial charge in [0, 0.05) is 29.1 Å². The minimum absolute atomic E-state index is 0.00328. The summed E-state index contributed by atoms with van der Waals surface area (Å²) in [5.74, 6) is 1.31. The predicted molar refractivity (Wildman–Crippen MR) is 161 cm³/mol. The van der Waals surface area contributed by atoms with Crippen molar-refractivity contribution in [3.63, 3.8) is 0 Å². The highest BCUT2D eigenvalue weighted by atomic mass is 32.2. The second kappa shape index (κ2) is 12.2. The number of ketones is 1. The van der Waals surface area contributed by atoms with Crippen LogP contribution < -0.4 is 0 Å². The summed E-state index contributed by atoms with van der Waals surface area (Å²) >= 11 is 0.819. The molecule has 4 aliphatic rings. The van der Waals surface area contributed by atoms with Crippen LogP contribution in [0.5, 0.6) is 0 Å². The number of hydrogen-bond donors (Lipinski definition) is 1. The number of allylic oxidation sites excluding steroid dienone is 4. The van der Waals surface area contributed by atoms with Crippen LogP contribution in [-0.4, -0.2) is 63.8 Å². The second-order valence-electron chi connectivity index (χ2n) is 12.9. The highest BCUT2D eigenvalue weighted by Gasteiger charge is 2.78. The molecule has 0 aliphatic heterocycles. The number of hydrogen-bond acceptors (Lipinski definition) is 9. The Morgan fingerprint density at radius 2 is 1.96 bits per heavy atom. The number of thioether (sulfide) groups is 1. The maximum Gasteiger partial charge on any atom is 0.375 e. The van der Waals surface area contributed by atoms with Gasteiger partial charge in [0.2, 0.25) is 10.9 Å². The van der Waals surface area contributed by atoms with E-state index >= 15 is 8.78 Å². The molecule has 0 aromatic carbocycles. The monoisotopic (exact) mass is 644 g/mol. The Balaban J connectivity index is 1.50. The van der Waals surface area contributed by atoms with Crippen LogP contribution in [0.25, 0.3) is 0 Å². The molecule has 3 fully saturated rings. The Morgan fingerprint density at radius 1 is 1.20 bits per heavy atom. The fourth-order valence-corrected chi connectivity index (χ4v) is 9.51. The van der Waals surface area contributed by atoms with Crippen molar-refractivity contribution in [2.45, 2.75) is 83.3 Å². The number of carbonyl (C=O) groups excluding carboxylic acids is 4. The zero-order valence-electron chi connectivity index (χ0n) is 25.8. The average molecular weight is 645 g/mol. The van der Waals surface area contributed by atoms with Gasteiger partial charge >= 0.3 is 11.9 Å². The van der Waals surface area contributed by atoms with Gasteiger partial charge in [-0.1, -0.05) is 50.4 Å². The molecule has 8 nitrogen and oxygen atoms in total. The van der Waals surface area contributed by atoms with E-state index in [0.717, 1.165) is 17.8 Å². The molecule has 4 aliphatic carbocycles. The van der Waals surface area contributed by atoms with E-state index in [1.54, 1.807) is 13.8 Å². The first-order chi connectivity index (χ1) is 21.3. The Hall–Kier alpha value is -3.23. The lowest BCUT2D eigenvalue weighted by atomic mass is 9.44. The third-order valence-corrected chi connectivity index (χ3v) is 11.5. The van der Waals surface area contributed by atoms with E-state index < -0.39 is 69.0 Å². The summed E-state index contributed by atoms with van der Waals surface area (Å²) in [7, 11) is 0. The summed E-state index contributed by atoms with van der Waals surface area (Å²) in [6, 6.07) is 2.91. The minimum atomic E-state index is -2.35. The number of halogens is 2. The summed E-state index contributed by atoms with van der Waals surface area (Å²) in [6.07, 6.45) is 2.26. The standard InChI is InChI=1S/C34H38F2O8S/c1-5-9-28(39)43-13-6-7-15-45-30(41)34(44-29(40)26-10-8-14-42-26)20(2)16-22-23-18-25(35)24-17-21(37)11-12-31(24,3)33(23,36)27(38)19-32(22,34)4/h8,10-12,14,17,20,22-23,25,27,38H,5,9,13,15-16,18-19H2,1-4H3/t20-,22+,23+,25+,27+,31+,32+,33+,34+/m1/s1. The van der Waals surface area contributed by atoms with Gasteiger partial charge in [0.15, 0.2) is 23.7 Å². The molecule has 0 unspecified atom stereocenters. The van der Waals surface area contributed by atoms with Crippen molar-refractivity contribution in [2.24, 2.45) is 28.6 Å². The first kappa shape index (κ1) is 33.1. The van der Waals surface area contributed by atoms with Crippen molar-refractivity contribution < 1.29 is 47.0 Å². The van der Waals surface area contributed by atoms with Crippen molar-refractivity contribution in [3.8, 4) is 11.8 Å². The van der Waals surface area contributed by atoms with Crippen molar-refractivity contribution in [3.05, 3.63) is 48.0 Å². The van der Waals surface area contributed by atoms with Crippen molar-refractivity contribution in [1.82, 2.24) is 0 Å². The molecule has 1 aromatic rings. The van der Waals surface area contributed by atoms with E-state index in [9.17, 15) is 24.3 Å². The molecule has 242 valence electrons. The van der Waals surface area contributed by atoms with Gasteiger partial charge in [0.25, 0.3) is 0 Å². The van der Waals surface area contributed by atoms with Gasteiger partial charge in [-0.2, -0.15) is 0 Å². The number of furan rings is 1. The third kappa shape index (κ3) is 5.09. The molecule has 1 N–H and O–H groups in total. The van der Waals surface area contributed by atoms with Crippen molar-refractivity contribution >= 4 is 34.6 Å². The Morgan fingerprint density at radius 3 is 2.64 bits per heavy atom. The van der Waals surface area contributed by atoms with E-state index in [1.165, 1.54) is 37.5 Å². The molecular formula is C34H38F2O8S. The molecule has 11 heteroatoms. The Labute approximate surface area is 265 Å². The van der Waals surface area contributed by atoms with Crippen LogP contribution in [-0.2, 0) is 23.9 Å². The maximum absolute atomic E-state index is 17.6. The summed E-state index contributed by atoms with van der Waals surface area (Å²) in [6.45, 7) is 6.68. The van der Waals surface area contributed by atoms with Crippen LogP contribution in [0.4, 0.5) is 8.78 Å². The Kier molecular flexibility index (Phi) is 8.97. The van der Waals surface area contributed by atoms with Crippen LogP contribution in [0.2, 0.25) is 0 Å². The van der Waals surface area contributed by atoms with Gasteiger partial charge in [0.05, 0.1) is 18.1 Å². The summed E-state index contributed by atoms with van der Waals surface area (Å²) in [4.78, 5) is 51.5. The maximum atomic E-state index is 17.6. The zero-order valence-corrected chi connectivity index (χ0v) is 26.6. The number of alkyl halides is 2. The van der Waals surface area contributed by atoms with E-state index in [4.69, 9.17) is 13.9 Å². The molecule has 0 radical (unpaired) electrons. The molecule has 9 atom stereocenters. The van der Waals surface area contributed by atoms with Gasteiger partial charge in [0.1, 0.15) is 6.17 Å². The fraction of sp³-hybridized carbons (Fsp3) is 0.588. The number of aliphatic hydroxyl groups is 1. The van der Waals surface area contributed by atoms with E-state index in [1.807, 2.05) is 6.92 Å². The van der Waals surface area contributed by atoms with Gasteiger partial charge in [-0.25, -0.2) is 13.6 Å². The quantitative estimate of drug-likeness (QED) is 0.310. The van der Waals surface area contributed by atoms with E-state index in [0.29, 0.717) is 6.42 Å². The molecule has 0 saturated heterocycles. The van der Waals surface area contributed by atoms with E-state index in [-0.39, 0.29) is 55.3 Å². The summed E-state index contributed by atoms with van der Waals surface area (Å²) < 4.78 is 50.0. The highest BCUT2D eigenvalue weighted by Crippen LogP contribution is 2.72. The number of esters is 2. The molecule has 1 aromatic heterocycles. The van der Waals surface area contributed by atoms with Crippen LogP contribution in [0.15, 0.2) is 46.6 Å². The molecule has 0 spiro atoms. The average Bonchev–Trinajstić information content (AvgIpc) is 3.60. The lowest BCUT2D eigenvalue weighted by molar-refractivity contribution is -0.221. The lowest BCUT2D eigenvalue weighted by Gasteiger charge is -2.63.